The summed E-state index contributed by atoms with van der Waals surface area (Å²) in [7, 11) is 0. The second kappa shape index (κ2) is 8.38. The number of nitrogens with zero attached hydrogens (tertiary/aromatic N) is 6. The van der Waals surface area contributed by atoms with Crippen molar-refractivity contribution in [2.45, 2.75) is 31.3 Å². The van der Waals surface area contributed by atoms with Crippen molar-refractivity contribution in [1.29, 1.82) is 0 Å². The topological polar surface area (TPSA) is 108 Å². The number of aromatic nitrogens is 7. The minimum Gasteiger partial charge on any atom is -0.360 e. The summed E-state index contributed by atoms with van der Waals surface area (Å²) in [4.78, 5) is 26.7. The van der Waals surface area contributed by atoms with Gasteiger partial charge < -0.3 is 14.9 Å². The molecule has 1 saturated heterocycles. The number of halogens is 2. The van der Waals surface area contributed by atoms with Crippen molar-refractivity contribution in [3.8, 4) is 16.9 Å². The molecule has 0 saturated carbocycles. The lowest BCUT2D eigenvalue weighted by Gasteiger charge is -2.33. The molecule has 2 aliphatic rings. The third-order valence-electron chi connectivity index (χ3n) is 7.29. The highest BCUT2D eigenvalue weighted by Crippen LogP contribution is 2.44. The van der Waals surface area contributed by atoms with Crippen LogP contribution >= 0.6 is 11.6 Å². The van der Waals surface area contributed by atoms with Crippen LogP contribution in [0.3, 0.4) is 0 Å². The Bertz CT molecular complexity index is 1690. The van der Waals surface area contributed by atoms with E-state index in [1.807, 2.05) is 35.5 Å². The first-order valence-electron chi connectivity index (χ1n) is 11.9. The smallest absolute Gasteiger partial charge is 0.247 e. The van der Waals surface area contributed by atoms with Crippen molar-refractivity contribution in [3.63, 3.8) is 0 Å². The zero-order valence-corrected chi connectivity index (χ0v) is 20.2. The molecule has 184 valence electrons. The molecule has 5 heterocycles. The number of imidazole rings is 1. The number of hydrogen-bond donors (Lipinski definition) is 2. The molecule has 3 aromatic heterocycles. The highest BCUT2D eigenvalue weighted by atomic mass is 35.5. The molecule has 1 fully saturated rings. The van der Waals surface area contributed by atoms with E-state index in [-0.39, 0.29) is 28.6 Å². The summed E-state index contributed by atoms with van der Waals surface area (Å²) in [6.07, 6.45) is 8.69. The molecule has 2 aliphatic heterocycles. The number of para-hydroxylation sites is 1. The summed E-state index contributed by atoms with van der Waals surface area (Å²) in [6.45, 7) is 0. The zero-order chi connectivity index (χ0) is 25.1. The normalized spacial score (nSPS) is 19.5. The van der Waals surface area contributed by atoms with Gasteiger partial charge in [0.05, 0.1) is 28.6 Å². The summed E-state index contributed by atoms with van der Waals surface area (Å²) in [6, 6.07) is 10.9. The van der Waals surface area contributed by atoms with Gasteiger partial charge in [-0.2, -0.15) is 4.68 Å². The van der Waals surface area contributed by atoms with E-state index in [1.165, 1.54) is 23.2 Å². The van der Waals surface area contributed by atoms with E-state index in [0.717, 1.165) is 40.8 Å². The zero-order valence-electron chi connectivity index (χ0n) is 19.4. The number of aromatic amines is 2. The molecule has 1 amide bonds. The lowest BCUT2D eigenvalue weighted by molar-refractivity contribution is -0.129. The lowest BCUT2D eigenvalue weighted by atomic mass is 9.92. The third-order valence-corrected chi connectivity index (χ3v) is 7.58. The molecule has 7 rings (SSSR count). The highest BCUT2D eigenvalue weighted by molar-refractivity contribution is 6.31. The molecule has 37 heavy (non-hydrogen) atoms. The van der Waals surface area contributed by atoms with E-state index >= 15 is 4.39 Å². The average Bonchev–Trinajstić information content (AvgIpc) is 3.71. The Morgan fingerprint density at radius 1 is 1.14 bits per heavy atom. The van der Waals surface area contributed by atoms with E-state index in [0.29, 0.717) is 17.7 Å². The van der Waals surface area contributed by atoms with Gasteiger partial charge in [0.25, 0.3) is 0 Å². The van der Waals surface area contributed by atoms with Crippen LogP contribution in [0, 0.1) is 5.82 Å². The SMILES string of the molecule is O=C1C=C(c2c(-n3cnnn3)ccc(Cl)c2F)C[C@H]2CC[C@H](c3ncc(-c4c[nH]c5ccccc45)[nH]3)N12. The van der Waals surface area contributed by atoms with Crippen LogP contribution in [-0.4, -0.2) is 52.0 Å². The number of carbonyl (C=O) groups is 1. The number of H-pyrrole nitrogens is 2. The molecule has 9 nitrogen and oxygen atoms in total. The van der Waals surface area contributed by atoms with E-state index < -0.39 is 5.82 Å². The fourth-order valence-electron chi connectivity index (χ4n) is 5.64. The van der Waals surface area contributed by atoms with Crippen LogP contribution < -0.4 is 0 Å². The minimum atomic E-state index is -0.592. The maximum absolute atomic E-state index is 15.3. The van der Waals surface area contributed by atoms with E-state index in [9.17, 15) is 4.79 Å². The molecule has 0 aliphatic carbocycles. The van der Waals surface area contributed by atoms with E-state index in [1.54, 1.807) is 6.07 Å². The van der Waals surface area contributed by atoms with Gasteiger partial charge in [0.1, 0.15) is 12.2 Å². The third kappa shape index (κ3) is 3.47. The Morgan fingerprint density at radius 3 is 2.89 bits per heavy atom. The highest BCUT2D eigenvalue weighted by Gasteiger charge is 2.42. The number of hydrogen-bond acceptors (Lipinski definition) is 5. The summed E-state index contributed by atoms with van der Waals surface area (Å²) in [5, 5.41) is 12.3. The summed E-state index contributed by atoms with van der Waals surface area (Å²) < 4.78 is 16.7. The summed E-state index contributed by atoms with van der Waals surface area (Å²) in [5.41, 5.74) is 4.23. The van der Waals surface area contributed by atoms with Crippen LogP contribution in [0.25, 0.3) is 33.4 Å². The van der Waals surface area contributed by atoms with Crippen molar-refractivity contribution in [2.24, 2.45) is 0 Å². The first-order chi connectivity index (χ1) is 18.1. The second-order valence-electron chi connectivity index (χ2n) is 9.31. The van der Waals surface area contributed by atoms with Gasteiger partial charge in [-0.3, -0.25) is 4.79 Å². The molecule has 0 unspecified atom stereocenters. The lowest BCUT2D eigenvalue weighted by Crippen LogP contribution is -2.39. The molecule has 0 radical (unpaired) electrons. The standard InChI is InChI=1S/C26H20ClFN8O/c27-18-6-8-21(35-13-31-33-34-35)24(25(18)28)14-9-15-5-7-22(36(15)23(37)10-14)26-30-12-20(32-26)17-11-29-19-4-2-1-3-16(17)19/h1-4,6,8,10-13,15,22,29H,5,7,9H2,(H,30,32)/t15-,22-/m1/s1. The number of benzene rings is 2. The molecule has 2 aromatic carbocycles. The Hall–Kier alpha value is -4.31. The number of tetrazole rings is 1. The maximum atomic E-state index is 15.3. The Labute approximate surface area is 215 Å². The number of carbonyl (C=O) groups excluding carboxylic acids is 1. The van der Waals surface area contributed by atoms with Crippen LogP contribution in [-0.2, 0) is 4.79 Å². The predicted octanol–water partition coefficient (Wildman–Crippen LogP) is 4.85. The van der Waals surface area contributed by atoms with Gasteiger partial charge in [0, 0.05) is 40.3 Å². The summed E-state index contributed by atoms with van der Waals surface area (Å²) in [5.74, 6) is -0.0248. The molecule has 11 heteroatoms. The number of rotatable bonds is 4. The number of amides is 1. The monoisotopic (exact) mass is 514 g/mol. The Balaban J connectivity index is 1.22. The fourth-order valence-corrected chi connectivity index (χ4v) is 5.80. The maximum Gasteiger partial charge on any atom is 0.247 e. The minimum absolute atomic E-state index is 0.0210. The second-order valence-corrected chi connectivity index (χ2v) is 9.71. The van der Waals surface area contributed by atoms with Crippen LogP contribution in [0.1, 0.15) is 36.7 Å². The van der Waals surface area contributed by atoms with Crippen molar-refractivity contribution in [1.82, 2.24) is 40.1 Å². The van der Waals surface area contributed by atoms with Crippen molar-refractivity contribution >= 4 is 34.0 Å². The molecule has 0 spiro atoms. The van der Waals surface area contributed by atoms with Crippen LogP contribution in [0.4, 0.5) is 4.39 Å². The van der Waals surface area contributed by atoms with Gasteiger partial charge >= 0.3 is 0 Å². The molecule has 2 N–H and O–H groups in total. The first kappa shape index (κ1) is 21.9. The van der Waals surface area contributed by atoms with Gasteiger partial charge in [-0.1, -0.05) is 29.8 Å². The van der Waals surface area contributed by atoms with Gasteiger partial charge in [0.2, 0.25) is 5.91 Å². The molecule has 2 atom stereocenters. The molecule has 5 aromatic rings. The molecule has 0 bridgehead atoms. The van der Waals surface area contributed by atoms with Crippen LogP contribution in [0.2, 0.25) is 5.02 Å². The van der Waals surface area contributed by atoms with Gasteiger partial charge in [-0.25, -0.2) is 9.37 Å². The fraction of sp³-hybridized carbons (Fsp3) is 0.192. The largest absolute Gasteiger partial charge is 0.360 e. The average molecular weight is 515 g/mol. The predicted molar refractivity (Wildman–Crippen MR) is 135 cm³/mol. The van der Waals surface area contributed by atoms with Gasteiger partial charge in [-0.15, -0.1) is 5.10 Å². The van der Waals surface area contributed by atoms with E-state index in [4.69, 9.17) is 11.6 Å². The van der Waals surface area contributed by atoms with E-state index in [2.05, 4.69) is 36.5 Å². The quantitative estimate of drug-likeness (QED) is 0.356. The van der Waals surface area contributed by atoms with Crippen molar-refractivity contribution in [3.05, 3.63) is 83.4 Å². The van der Waals surface area contributed by atoms with Crippen molar-refractivity contribution in [2.75, 3.05) is 0 Å². The van der Waals surface area contributed by atoms with Crippen LogP contribution in [0.15, 0.2) is 61.2 Å². The van der Waals surface area contributed by atoms with Crippen LogP contribution in [0.5, 0.6) is 0 Å². The number of nitrogens with one attached hydrogen (secondary N) is 2. The first-order valence-corrected chi connectivity index (χ1v) is 12.3. The Morgan fingerprint density at radius 2 is 2.03 bits per heavy atom. The van der Waals surface area contributed by atoms with Crippen molar-refractivity contribution < 1.29 is 9.18 Å². The molecular weight excluding hydrogens is 495 g/mol. The Kier molecular flexibility index (Phi) is 4.97. The number of fused-ring (bicyclic) bond motifs is 2. The van der Waals surface area contributed by atoms with Gasteiger partial charge in [-0.05, 0) is 53.5 Å². The molecular formula is C26H20ClFN8O. The summed E-state index contributed by atoms with van der Waals surface area (Å²) >= 11 is 6.13. The van der Waals surface area contributed by atoms with Gasteiger partial charge in [0.15, 0.2) is 5.82 Å².